The fourth-order valence-electron chi connectivity index (χ4n) is 1.97. The van der Waals surface area contributed by atoms with E-state index in [9.17, 15) is 23.1 Å². The van der Waals surface area contributed by atoms with Crippen molar-refractivity contribution >= 4 is 11.6 Å². The van der Waals surface area contributed by atoms with Crippen LogP contribution in [0.2, 0.25) is 0 Å². The van der Waals surface area contributed by atoms with Gasteiger partial charge in [0.1, 0.15) is 17.4 Å². The van der Waals surface area contributed by atoms with Crippen LogP contribution in [0, 0.1) is 5.92 Å². The van der Waals surface area contributed by atoms with Crippen LogP contribution >= 0.6 is 0 Å². The first-order chi connectivity index (χ1) is 10.5. The van der Waals surface area contributed by atoms with Crippen LogP contribution in [0.15, 0.2) is 18.2 Å². The number of benzene rings is 1. The van der Waals surface area contributed by atoms with E-state index in [2.05, 4.69) is 5.32 Å². The first-order valence-electron chi connectivity index (χ1n) is 6.79. The average molecular weight is 335 g/mol. The van der Waals surface area contributed by atoms with Crippen LogP contribution in [0.5, 0.6) is 11.5 Å². The zero-order valence-electron chi connectivity index (χ0n) is 13.3. The average Bonchev–Trinajstić information content (AvgIpc) is 2.42. The van der Waals surface area contributed by atoms with Crippen molar-refractivity contribution in [1.82, 2.24) is 0 Å². The molecule has 1 aromatic carbocycles. The number of amides is 1. The summed E-state index contributed by atoms with van der Waals surface area (Å²) in [5.74, 6) is -2.94. The Morgan fingerprint density at radius 1 is 1.17 bits per heavy atom. The minimum absolute atomic E-state index is 0.108. The number of rotatable bonds is 6. The van der Waals surface area contributed by atoms with Gasteiger partial charge in [-0.05, 0) is 20.3 Å². The van der Waals surface area contributed by atoms with E-state index >= 15 is 0 Å². The van der Waals surface area contributed by atoms with Crippen molar-refractivity contribution in [2.75, 3.05) is 19.5 Å². The number of ether oxygens (including phenoxy) is 2. The fraction of sp³-hybridized carbons (Fsp3) is 0.533. The molecule has 0 aliphatic rings. The van der Waals surface area contributed by atoms with Gasteiger partial charge in [-0.3, -0.25) is 4.79 Å². The van der Waals surface area contributed by atoms with E-state index in [0.29, 0.717) is 11.5 Å². The van der Waals surface area contributed by atoms with Gasteiger partial charge in [0.25, 0.3) is 0 Å². The Labute approximate surface area is 132 Å². The number of carbonyl (C=O) groups is 1. The van der Waals surface area contributed by atoms with Gasteiger partial charge in [0.2, 0.25) is 5.91 Å². The summed E-state index contributed by atoms with van der Waals surface area (Å²) in [4.78, 5) is 12.0. The van der Waals surface area contributed by atoms with Gasteiger partial charge in [-0.2, -0.15) is 13.2 Å². The highest BCUT2D eigenvalue weighted by Gasteiger charge is 2.47. The lowest BCUT2D eigenvalue weighted by molar-refractivity contribution is -0.189. The molecule has 0 bridgehead atoms. The molecule has 130 valence electrons. The third-order valence-electron chi connectivity index (χ3n) is 3.03. The minimum Gasteiger partial charge on any atom is -0.497 e. The highest BCUT2D eigenvalue weighted by Crippen LogP contribution is 2.34. The summed E-state index contributed by atoms with van der Waals surface area (Å²) < 4.78 is 49.2. The summed E-state index contributed by atoms with van der Waals surface area (Å²) in [6.07, 6.45) is -5.52. The van der Waals surface area contributed by atoms with Crippen LogP contribution in [0.4, 0.5) is 18.9 Å². The van der Waals surface area contributed by atoms with Gasteiger partial charge >= 0.3 is 6.18 Å². The first kappa shape index (κ1) is 19.1. The molecule has 1 unspecified atom stereocenters. The van der Waals surface area contributed by atoms with E-state index in [-0.39, 0.29) is 5.69 Å². The Morgan fingerprint density at radius 3 is 2.00 bits per heavy atom. The molecule has 0 radical (unpaired) electrons. The highest BCUT2D eigenvalue weighted by atomic mass is 19.4. The lowest BCUT2D eigenvalue weighted by atomic mass is 9.92. The van der Waals surface area contributed by atoms with E-state index in [1.165, 1.54) is 46.3 Å². The molecule has 0 fully saturated rings. The van der Waals surface area contributed by atoms with Crippen LogP contribution in [0.25, 0.3) is 0 Å². The van der Waals surface area contributed by atoms with Gasteiger partial charge in [0.05, 0.1) is 19.8 Å². The van der Waals surface area contributed by atoms with Gasteiger partial charge < -0.3 is 19.9 Å². The topological polar surface area (TPSA) is 67.8 Å². The molecule has 0 aliphatic carbocycles. The molecule has 1 amide bonds. The second-order valence-corrected chi connectivity index (χ2v) is 5.70. The Balaban J connectivity index is 3.03. The number of carbonyl (C=O) groups excluding carboxylic acids is 1. The molecule has 0 aromatic heterocycles. The third-order valence-corrected chi connectivity index (χ3v) is 3.03. The predicted octanol–water partition coefficient (Wildman–Crippen LogP) is 2.98. The number of nitrogens with one attached hydrogen (secondary N) is 1. The number of halogens is 3. The molecule has 0 spiro atoms. The Bertz CT molecular complexity index is 530. The quantitative estimate of drug-likeness (QED) is 0.839. The van der Waals surface area contributed by atoms with Crippen molar-refractivity contribution in [1.29, 1.82) is 0 Å². The summed E-state index contributed by atoms with van der Waals surface area (Å²) >= 11 is 0. The van der Waals surface area contributed by atoms with E-state index in [1.54, 1.807) is 0 Å². The van der Waals surface area contributed by atoms with Gasteiger partial charge in [0, 0.05) is 23.9 Å². The standard InChI is InChI=1S/C15H20F3NO4/c1-14(2,21)8-12(15(16,17)18)13(20)19-9-5-10(22-3)7-11(6-9)23-4/h5-7,12,21H,8H2,1-4H3,(H,19,20). The molecule has 0 heterocycles. The monoisotopic (exact) mass is 335 g/mol. The van der Waals surface area contributed by atoms with Crippen LogP contribution in [-0.4, -0.2) is 37.0 Å². The molecule has 5 nitrogen and oxygen atoms in total. The van der Waals surface area contributed by atoms with Gasteiger partial charge in [-0.25, -0.2) is 0 Å². The van der Waals surface area contributed by atoms with Crippen LogP contribution in [0.3, 0.4) is 0 Å². The number of hydrogen-bond acceptors (Lipinski definition) is 4. The van der Waals surface area contributed by atoms with Gasteiger partial charge in [0.15, 0.2) is 0 Å². The summed E-state index contributed by atoms with van der Waals surface area (Å²) in [6, 6.07) is 4.27. The Morgan fingerprint density at radius 2 is 1.65 bits per heavy atom. The number of alkyl halides is 3. The summed E-state index contributed by atoms with van der Waals surface area (Å²) in [5, 5.41) is 11.8. The largest absolute Gasteiger partial charge is 0.497 e. The molecule has 0 saturated carbocycles. The van der Waals surface area contributed by atoms with Crippen molar-refractivity contribution in [3.8, 4) is 11.5 Å². The maximum Gasteiger partial charge on any atom is 0.400 e. The zero-order chi connectivity index (χ0) is 17.8. The Kier molecular flexibility index (Phi) is 5.87. The summed E-state index contributed by atoms with van der Waals surface area (Å²) in [6.45, 7) is 2.43. The zero-order valence-corrected chi connectivity index (χ0v) is 13.3. The molecule has 23 heavy (non-hydrogen) atoms. The third kappa shape index (κ3) is 5.97. The van der Waals surface area contributed by atoms with Gasteiger partial charge in [-0.1, -0.05) is 0 Å². The molecule has 0 aliphatic heterocycles. The van der Waals surface area contributed by atoms with E-state index in [0.717, 1.165) is 0 Å². The van der Waals surface area contributed by atoms with Crippen LogP contribution in [-0.2, 0) is 4.79 Å². The van der Waals surface area contributed by atoms with Gasteiger partial charge in [-0.15, -0.1) is 0 Å². The number of hydrogen-bond donors (Lipinski definition) is 2. The summed E-state index contributed by atoms with van der Waals surface area (Å²) in [5.41, 5.74) is -1.53. The molecule has 2 N–H and O–H groups in total. The smallest absolute Gasteiger partial charge is 0.400 e. The molecular formula is C15H20F3NO4. The maximum atomic E-state index is 13.1. The predicted molar refractivity (Wildman–Crippen MR) is 78.6 cm³/mol. The second kappa shape index (κ2) is 7.08. The SMILES string of the molecule is COc1cc(NC(=O)C(CC(C)(C)O)C(F)(F)F)cc(OC)c1. The van der Waals surface area contributed by atoms with Crippen LogP contribution in [0.1, 0.15) is 20.3 Å². The van der Waals surface area contributed by atoms with E-state index in [1.807, 2.05) is 0 Å². The van der Waals surface area contributed by atoms with Crippen LogP contribution < -0.4 is 14.8 Å². The fourth-order valence-corrected chi connectivity index (χ4v) is 1.97. The molecule has 1 atom stereocenters. The van der Waals surface area contributed by atoms with Crippen molar-refractivity contribution in [2.24, 2.45) is 5.92 Å². The maximum absolute atomic E-state index is 13.1. The Hall–Kier alpha value is -1.96. The first-order valence-corrected chi connectivity index (χ1v) is 6.79. The molecular weight excluding hydrogens is 315 g/mol. The number of aliphatic hydroxyl groups is 1. The molecule has 8 heteroatoms. The van der Waals surface area contributed by atoms with Crippen molar-refractivity contribution in [2.45, 2.75) is 32.0 Å². The lowest BCUT2D eigenvalue weighted by Crippen LogP contribution is -2.40. The number of anilines is 1. The molecule has 0 saturated heterocycles. The van der Waals surface area contributed by atoms with E-state index < -0.39 is 30.0 Å². The number of methoxy groups -OCH3 is 2. The highest BCUT2D eigenvalue weighted by molar-refractivity contribution is 5.93. The lowest BCUT2D eigenvalue weighted by Gasteiger charge is -2.26. The van der Waals surface area contributed by atoms with E-state index in [4.69, 9.17) is 9.47 Å². The van der Waals surface area contributed by atoms with Crippen molar-refractivity contribution in [3.05, 3.63) is 18.2 Å². The molecule has 1 rings (SSSR count). The molecule has 1 aromatic rings. The minimum atomic E-state index is -4.77. The van der Waals surface area contributed by atoms with Crippen molar-refractivity contribution in [3.63, 3.8) is 0 Å². The second-order valence-electron chi connectivity index (χ2n) is 5.70. The van der Waals surface area contributed by atoms with Crippen molar-refractivity contribution < 1.29 is 32.5 Å². The normalized spacial score (nSPS) is 13.4. The summed E-state index contributed by atoms with van der Waals surface area (Å²) in [7, 11) is 2.76.